The molecule has 0 saturated carbocycles. The van der Waals surface area contributed by atoms with Crippen LogP contribution in [0.25, 0.3) is 0 Å². The lowest BCUT2D eigenvalue weighted by molar-refractivity contribution is -0.147. The molecule has 0 aromatic carbocycles. The van der Waals surface area contributed by atoms with E-state index >= 15 is 0 Å². The predicted octanol–water partition coefficient (Wildman–Crippen LogP) is 1.36. The Morgan fingerprint density at radius 2 is 2.11 bits per heavy atom. The molecule has 0 radical (unpaired) electrons. The predicted molar refractivity (Wildman–Crippen MR) is 73.3 cm³/mol. The summed E-state index contributed by atoms with van der Waals surface area (Å²) in [6.45, 7) is 1.41. The number of amides is 1. The summed E-state index contributed by atoms with van der Waals surface area (Å²) in [6, 6.07) is -0.612. The first-order valence-electron chi connectivity index (χ1n) is 6.90. The third-order valence-corrected chi connectivity index (χ3v) is 4.72. The fourth-order valence-electron chi connectivity index (χ4n) is 2.62. The number of hydrogen-bond donors (Lipinski definition) is 1. The number of carbonyl (C=O) groups is 2. The number of ether oxygens (including phenoxy) is 1. The van der Waals surface area contributed by atoms with E-state index in [1.807, 2.05) is 0 Å². The van der Waals surface area contributed by atoms with E-state index in [0.717, 1.165) is 31.6 Å². The Balaban J connectivity index is 1.70. The second-order valence-corrected chi connectivity index (χ2v) is 6.12. The average molecular weight is 287 g/mol. The second-order valence-electron chi connectivity index (χ2n) is 5.09. The highest BCUT2D eigenvalue weighted by Crippen LogP contribution is 2.21. The molecule has 0 aromatic rings. The highest BCUT2D eigenvalue weighted by atomic mass is 32.2. The van der Waals surface area contributed by atoms with Crippen LogP contribution in [0, 0.1) is 0 Å². The zero-order valence-electron chi connectivity index (χ0n) is 11.0. The van der Waals surface area contributed by atoms with E-state index in [9.17, 15) is 9.59 Å². The van der Waals surface area contributed by atoms with Crippen molar-refractivity contribution in [2.45, 2.75) is 44.2 Å². The normalized spacial score (nSPS) is 27.5. The molecule has 2 aliphatic heterocycles. The summed E-state index contributed by atoms with van der Waals surface area (Å²) in [7, 11) is 0. The van der Waals surface area contributed by atoms with Gasteiger partial charge in [-0.3, -0.25) is 4.79 Å². The van der Waals surface area contributed by atoms with Crippen molar-refractivity contribution in [3.05, 3.63) is 0 Å². The third-order valence-electron chi connectivity index (χ3n) is 3.66. The minimum Gasteiger partial charge on any atom is -0.480 e. The third kappa shape index (κ3) is 4.11. The van der Waals surface area contributed by atoms with Crippen LogP contribution in [0.1, 0.15) is 32.1 Å². The van der Waals surface area contributed by atoms with Crippen LogP contribution in [0.5, 0.6) is 0 Å². The Bertz CT molecular complexity index is 331. The summed E-state index contributed by atoms with van der Waals surface area (Å²) in [5.41, 5.74) is 0. The summed E-state index contributed by atoms with van der Waals surface area (Å²) in [6.07, 6.45) is 5.04. The molecule has 0 aromatic heterocycles. The molecule has 2 atom stereocenters. The van der Waals surface area contributed by atoms with Crippen LogP contribution >= 0.6 is 11.8 Å². The molecule has 2 unspecified atom stereocenters. The quantitative estimate of drug-likeness (QED) is 0.827. The van der Waals surface area contributed by atoms with Crippen molar-refractivity contribution in [3.8, 4) is 0 Å². The molecule has 0 bridgehead atoms. The van der Waals surface area contributed by atoms with Crippen LogP contribution in [-0.2, 0) is 14.3 Å². The van der Waals surface area contributed by atoms with Gasteiger partial charge in [0.15, 0.2) is 0 Å². The number of aliphatic carboxylic acids is 1. The molecule has 1 amide bonds. The van der Waals surface area contributed by atoms with Gasteiger partial charge in [0.1, 0.15) is 6.04 Å². The van der Waals surface area contributed by atoms with Crippen molar-refractivity contribution >= 4 is 23.6 Å². The number of carbonyl (C=O) groups excluding carboxylic acids is 1. The van der Waals surface area contributed by atoms with E-state index in [2.05, 4.69) is 0 Å². The number of hydrogen-bond acceptors (Lipinski definition) is 4. The van der Waals surface area contributed by atoms with E-state index in [0.29, 0.717) is 18.7 Å². The minimum atomic E-state index is -0.883. The molecule has 108 valence electrons. The number of carboxylic acids is 1. The average Bonchev–Trinajstić information content (AvgIpc) is 2.89. The number of likely N-dealkylation sites (tertiary alicyclic amines) is 1. The fraction of sp³-hybridized carbons (Fsp3) is 0.846. The van der Waals surface area contributed by atoms with E-state index in [1.54, 1.807) is 11.8 Å². The van der Waals surface area contributed by atoms with Crippen molar-refractivity contribution in [2.75, 3.05) is 24.7 Å². The maximum atomic E-state index is 12.0. The first-order chi connectivity index (χ1) is 9.18. The lowest BCUT2D eigenvalue weighted by Gasteiger charge is -2.23. The summed E-state index contributed by atoms with van der Waals surface area (Å²) in [4.78, 5) is 24.5. The van der Waals surface area contributed by atoms with Crippen molar-refractivity contribution in [3.63, 3.8) is 0 Å². The maximum absolute atomic E-state index is 12.0. The number of rotatable bonds is 5. The van der Waals surface area contributed by atoms with Gasteiger partial charge in [-0.1, -0.05) is 0 Å². The number of carboxylic acid groups (broad SMARTS) is 1. The molecule has 2 aliphatic rings. The monoisotopic (exact) mass is 287 g/mol. The van der Waals surface area contributed by atoms with Crippen LogP contribution in [0.4, 0.5) is 0 Å². The van der Waals surface area contributed by atoms with Crippen molar-refractivity contribution in [1.29, 1.82) is 0 Å². The van der Waals surface area contributed by atoms with Crippen LogP contribution < -0.4 is 0 Å². The van der Waals surface area contributed by atoms with E-state index in [4.69, 9.17) is 9.84 Å². The lowest BCUT2D eigenvalue weighted by Crippen LogP contribution is -2.41. The molecule has 5 nitrogen and oxygen atoms in total. The van der Waals surface area contributed by atoms with Gasteiger partial charge in [-0.05, 0) is 32.1 Å². The second kappa shape index (κ2) is 7.14. The minimum absolute atomic E-state index is 0.0503. The zero-order chi connectivity index (χ0) is 13.7. The maximum Gasteiger partial charge on any atom is 0.326 e. The summed E-state index contributed by atoms with van der Waals surface area (Å²) in [5, 5.41) is 9.04. The first kappa shape index (κ1) is 14.7. The molecule has 1 N–H and O–H groups in total. The van der Waals surface area contributed by atoms with Gasteiger partial charge < -0.3 is 14.7 Å². The summed E-state index contributed by atoms with van der Waals surface area (Å²) < 4.78 is 5.60. The largest absolute Gasteiger partial charge is 0.480 e. The fourth-order valence-corrected chi connectivity index (χ4v) is 3.61. The Labute approximate surface area is 117 Å². The zero-order valence-corrected chi connectivity index (χ0v) is 11.9. The summed E-state index contributed by atoms with van der Waals surface area (Å²) >= 11 is 1.56. The van der Waals surface area contributed by atoms with Crippen LogP contribution in [0.15, 0.2) is 0 Å². The van der Waals surface area contributed by atoms with E-state index in [1.165, 1.54) is 11.3 Å². The molecule has 6 heteroatoms. The van der Waals surface area contributed by atoms with Gasteiger partial charge >= 0.3 is 5.97 Å². The van der Waals surface area contributed by atoms with Gasteiger partial charge in [-0.25, -0.2) is 4.79 Å². The van der Waals surface area contributed by atoms with Gasteiger partial charge in [0.2, 0.25) is 5.91 Å². The Morgan fingerprint density at radius 3 is 2.79 bits per heavy atom. The van der Waals surface area contributed by atoms with Gasteiger partial charge in [0, 0.05) is 18.9 Å². The van der Waals surface area contributed by atoms with E-state index in [-0.39, 0.29) is 12.0 Å². The molecule has 2 rings (SSSR count). The number of nitrogens with zero attached hydrogens (tertiary/aromatic N) is 1. The number of thioether (sulfide) groups is 1. The van der Waals surface area contributed by atoms with Crippen molar-refractivity contribution in [2.24, 2.45) is 0 Å². The standard InChI is InChI=1S/C13H21NO4S/c15-12(14-6-3-5-11(14)13(16)17)9-19-8-10-4-1-2-7-18-10/h10-11H,1-9H2,(H,16,17). The van der Waals surface area contributed by atoms with Gasteiger partial charge in [-0.15, -0.1) is 11.8 Å². The van der Waals surface area contributed by atoms with E-state index < -0.39 is 12.0 Å². The molecule has 2 saturated heterocycles. The van der Waals surface area contributed by atoms with Gasteiger partial charge in [0.05, 0.1) is 11.9 Å². The van der Waals surface area contributed by atoms with Crippen molar-refractivity contribution in [1.82, 2.24) is 4.90 Å². The molecule has 2 fully saturated rings. The molecular weight excluding hydrogens is 266 g/mol. The lowest BCUT2D eigenvalue weighted by atomic mass is 10.1. The molecule has 0 spiro atoms. The van der Waals surface area contributed by atoms with Crippen molar-refractivity contribution < 1.29 is 19.4 Å². The first-order valence-corrected chi connectivity index (χ1v) is 8.05. The Kier molecular flexibility index (Phi) is 5.51. The molecular formula is C13H21NO4S. The van der Waals surface area contributed by atoms with Gasteiger partial charge in [0.25, 0.3) is 0 Å². The highest BCUT2D eigenvalue weighted by molar-refractivity contribution is 7.99. The molecule has 0 aliphatic carbocycles. The summed E-state index contributed by atoms with van der Waals surface area (Å²) in [5.74, 6) is 0.262. The SMILES string of the molecule is O=C(O)C1CCCN1C(=O)CSCC1CCCCO1. The molecule has 2 heterocycles. The Morgan fingerprint density at radius 1 is 1.26 bits per heavy atom. The topological polar surface area (TPSA) is 66.8 Å². The van der Waals surface area contributed by atoms with Crippen LogP contribution in [-0.4, -0.2) is 58.7 Å². The smallest absolute Gasteiger partial charge is 0.326 e. The van der Waals surface area contributed by atoms with Gasteiger partial charge in [-0.2, -0.15) is 0 Å². The van der Waals surface area contributed by atoms with Crippen LogP contribution in [0.3, 0.4) is 0 Å². The highest BCUT2D eigenvalue weighted by Gasteiger charge is 2.33. The Hall–Kier alpha value is -0.750. The molecule has 19 heavy (non-hydrogen) atoms. The van der Waals surface area contributed by atoms with Crippen LogP contribution in [0.2, 0.25) is 0 Å².